The lowest BCUT2D eigenvalue weighted by molar-refractivity contribution is -0.128. The molecule has 2 rings (SSSR count). The summed E-state index contributed by atoms with van der Waals surface area (Å²) in [6.45, 7) is 0. The second kappa shape index (κ2) is 5.16. The molecule has 1 saturated carbocycles. The van der Waals surface area contributed by atoms with E-state index in [9.17, 15) is 9.90 Å². The third-order valence-electron chi connectivity index (χ3n) is 3.42. The Labute approximate surface area is 102 Å². The van der Waals surface area contributed by atoms with E-state index in [2.05, 4.69) is 5.92 Å². The molecule has 0 heterocycles. The Morgan fingerprint density at radius 2 is 2.12 bits per heavy atom. The second-order valence-electron chi connectivity index (χ2n) is 4.50. The highest BCUT2D eigenvalue weighted by Crippen LogP contribution is 2.33. The van der Waals surface area contributed by atoms with Gasteiger partial charge < -0.3 is 5.11 Å². The molecule has 0 saturated heterocycles. The molecule has 1 fully saturated rings. The normalized spacial score (nSPS) is 21.9. The predicted octanol–water partition coefficient (Wildman–Crippen LogP) is 2.46. The first kappa shape index (κ1) is 11.9. The first-order valence-electron chi connectivity index (χ1n) is 6.00. The molecule has 0 bridgehead atoms. The molecule has 88 valence electrons. The molecule has 1 aliphatic rings. The Bertz CT molecular complexity index is 456. The SMILES string of the molecule is C#Cc1ccccc1[C@H](O)[C@@H]1CCCCC1=O. The standard InChI is InChI=1S/C15H16O2/c1-2-11-7-3-4-8-12(11)15(17)13-9-5-6-10-14(13)16/h1,3-4,7-8,13,15,17H,5-6,9-10H2/t13-,15+/m1/s1. The van der Waals surface area contributed by atoms with E-state index in [0.717, 1.165) is 19.3 Å². The minimum atomic E-state index is -0.755. The highest BCUT2D eigenvalue weighted by molar-refractivity contribution is 5.82. The number of carbonyl (C=O) groups is 1. The van der Waals surface area contributed by atoms with Crippen molar-refractivity contribution in [3.05, 3.63) is 35.4 Å². The fourth-order valence-corrected chi connectivity index (χ4v) is 2.45. The smallest absolute Gasteiger partial charge is 0.138 e. The van der Waals surface area contributed by atoms with Gasteiger partial charge in [0.15, 0.2) is 0 Å². The molecule has 0 unspecified atom stereocenters. The average molecular weight is 228 g/mol. The summed E-state index contributed by atoms with van der Waals surface area (Å²) in [4.78, 5) is 11.8. The third kappa shape index (κ3) is 2.40. The Morgan fingerprint density at radius 3 is 2.82 bits per heavy atom. The maximum atomic E-state index is 11.8. The number of ketones is 1. The van der Waals surface area contributed by atoms with Crippen LogP contribution in [0.15, 0.2) is 24.3 Å². The quantitative estimate of drug-likeness (QED) is 0.789. The number of rotatable bonds is 2. The van der Waals surface area contributed by atoms with Crippen molar-refractivity contribution in [1.82, 2.24) is 0 Å². The average Bonchev–Trinajstić information content (AvgIpc) is 2.38. The van der Waals surface area contributed by atoms with Crippen LogP contribution in [0, 0.1) is 18.3 Å². The summed E-state index contributed by atoms with van der Waals surface area (Å²) in [5.41, 5.74) is 1.38. The molecule has 0 aromatic heterocycles. The van der Waals surface area contributed by atoms with E-state index in [0.29, 0.717) is 17.5 Å². The Balaban J connectivity index is 2.27. The zero-order valence-electron chi connectivity index (χ0n) is 9.73. The Morgan fingerprint density at radius 1 is 1.35 bits per heavy atom. The molecule has 0 spiro atoms. The highest BCUT2D eigenvalue weighted by Gasteiger charge is 2.30. The Kier molecular flexibility index (Phi) is 3.61. The zero-order valence-corrected chi connectivity index (χ0v) is 9.73. The second-order valence-corrected chi connectivity index (χ2v) is 4.50. The molecule has 2 heteroatoms. The van der Waals surface area contributed by atoms with Crippen LogP contribution in [0.2, 0.25) is 0 Å². The van der Waals surface area contributed by atoms with Gasteiger partial charge in [0, 0.05) is 17.9 Å². The molecular weight excluding hydrogens is 212 g/mol. The van der Waals surface area contributed by atoms with Crippen molar-refractivity contribution in [1.29, 1.82) is 0 Å². The molecule has 2 nitrogen and oxygen atoms in total. The lowest BCUT2D eigenvalue weighted by Gasteiger charge is -2.26. The zero-order chi connectivity index (χ0) is 12.3. The van der Waals surface area contributed by atoms with E-state index in [1.807, 2.05) is 18.2 Å². The summed E-state index contributed by atoms with van der Waals surface area (Å²) >= 11 is 0. The Hall–Kier alpha value is -1.59. The summed E-state index contributed by atoms with van der Waals surface area (Å²) in [5, 5.41) is 10.3. The van der Waals surface area contributed by atoms with Gasteiger partial charge in [0.25, 0.3) is 0 Å². The summed E-state index contributed by atoms with van der Waals surface area (Å²) < 4.78 is 0. The van der Waals surface area contributed by atoms with E-state index in [1.54, 1.807) is 6.07 Å². The van der Waals surface area contributed by atoms with Crippen LogP contribution in [-0.4, -0.2) is 10.9 Å². The minimum Gasteiger partial charge on any atom is -0.388 e. The first-order valence-corrected chi connectivity index (χ1v) is 6.00. The van der Waals surface area contributed by atoms with Crippen LogP contribution in [0.5, 0.6) is 0 Å². The fourth-order valence-electron chi connectivity index (χ4n) is 2.45. The number of Topliss-reactive ketones (excluding diaryl/α,β-unsaturated/α-hetero) is 1. The van der Waals surface area contributed by atoms with E-state index < -0.39 is 6.10 Å². The summed E-state index contributed by atoms with van der Waals surface area (Å²) in [6.07, 6.45) is 7.95. The number of aliphatic hydroxyl groups is 1. The van der Waals surface area contributed by atoms with Crippen molar-refractivity contribution in [2.45, 2.75) is 31.8 Å². The number of aliphatic hydroxyl groups excluding tert-OH is 1. The van der Waals surface area contributed by atoms with Crippen LogP contribution in [0.3, 0.4) is 0 Å². The molecule has 1 aliphatic carbocycles. The predicted molar refractivity (Wildman–Crippen MR) is 66.3 cm³/mol. The molecule has 0 amide bonds. The van der Waals surface area contributed by atoms with E-state index in [-0.39, 0.29) is 11.7 Å². The van der Waals surface area contributed by atoms with Crippen LogP contribution in [0.1, 0.15) is 42.9 Å². The lowest BCUT2D eigenvalue weighted by atomic mass is 9.81. The largest absolute Gasteiger partial charge is 0.388 e. The molecule has 1 N–H and O–H groups in total. The van der Waals surface area contributed by atoms with Gasteiger partial charge in [0.2, 0.25) is 0 Å². The summed E-state index contributed by atoms with van der Waals surface area (Å²) in [7, 11) is 0. The van der Waals surface area contributed by atoms with Gasteiger partial charge in [-0.25, -0.2) is 0 Å². The number of hydrogen-bond acceptors (Lipinski definition) is 2. The van der Waals surface area contributed by atoms with Gasteiger partial charge in [-0.05, 0) is 24.5 Å². The van der Waals surface area contributed by atoms with Crippen molar-refractivity contribution >= 4 is 5.78 Å². The third-order valence-corrected chi connectivity index (χ3v) is 3.42. The molecule has 1 aromatic rings. The number of benzene rings is 1. The van der Waals surface area contributed by atoms with Crippen LogP contribution in [-0.2, 0) is 4.79 Å². The van der Waals surface area contributed by atoms with E-state index in [1.165, 1.54) is 0 Å². The number of carbonyl (C=O) groups excluding carboxylic acids is 1. The molecule has 0 aliphatic heterocycles. The van der Waals surface area contributed by atoms with Crippen LogP contribution < -0.4 is 0 Å². The van der Waals surface area contributed by atoms with Crippen LogP contribution >= 0.6 is 0 Å². The van der Waals surface area contributed by atoms with Gasteiger partial charge in [-0.3, -0.25) is 4.79 Å². The van der Waals surface area contributed by atoms with Gasteiger partial charge in [-0.1, -0.05) is 30.5 Å². The lowest BCUT2D eigenvalue weighted by Crippen LogP contribution is -2.26. The first-order chi connectivity index (χ1) is 8.24. The topological polar surface area (TPSA) is 37.3 Å². The van der Waals surface area contributed by atoms with Crippen molar-refractivity contribution in [2.24, 2.45) is 5.92 Å². The van der Waals surface area contributed by atoms with E-state index >= 15 is 0 Å². The molecule has 2 atom stereocenters. The highest BCUT2D eigenvalue weighted by atomic mass is 16.3. The van der Waals surface area contributed by atoms with Gasteiger partial charge in [0.1, 0.15) is 5.78 Å². The molecular formula is C15H16O2. The van der Waals surface area contributed by atoms with Crippen molar-refractivity contribution < 1.29 is 9.90 Å². The number of terminal acetylenes is 1. The van der Waals surface area contributed by atoms with Crippen molar-refractivity contribution in [3.8, 4) is 12.3 Å². The summed E-state index contributed by atoms with van der Waals surface area (Å²) in [5.74, 6) is 2.44. The summed E-state index contributed by atoms with van der Waals surface area (Å²) in [6, 6.07) is 7.29. The van der Waals surface area contributed by atoms with Gasteiger partial charge >= 0.3 is 0 Å². The van der Waals surface area contributed by atoms with Crippen molar-refractivity contribution in [2.75, 3.05) is 0 Å². The monoisotopic (exact) mass is 228 g/mol. The van der Waals surface area contributed by atoms with Crippen LogP contribution in [0.25, 0.3) is 0 Å². The van der Waals surface area contributed by atoms with E-state index in [4.69, 9.17) is 6.42 Å². The van der Waals surface area contributed by atoms with Crippen molar-refractivity contribution in [3.63, 3.8) is 0 Å². The maximum absolute atomic E-state index is 11.8. The maximum Gasteiger partial charge on any atom is 0.138 e. The van der Waals surface area contributed by atoms with Gasteiger partial charge in [0.05, 0.1) is 6.10 Å². The van der Waals surface area contributed by atoms with Gasteiger partial charge in [-0.15, -0.1) is 6.42 Å². The minimum absolute atomic E-state index is 0.163. The molecule has 1 aromatic carbocycles. The molecule has 17 heavy (non-hydrogen) atoms. The van der Waals surface area contributed by atoms with Gasteiger partial charge in [-0.2, -0.15) is 0 Å². The van der Waals surface area contributed by atoms with Crippen LogP contribution in [0.4, 0.5) is 0 Å². The fraction of sp³-hybridized carbons (Fsp3) is 0.400. The number of hydrogen-bond donors (Lipinski definition) is 1. The molecule has 0 radical (unpaired) electrons.